The molecule has 0 atom stereocenters. The standard InChI is InChI=1S/C15H16N2O2/c1-2-9-18-13-3-4-15-12(10-13)6-8-17(15)11-14-5-7-16-19-14/h3-8,10H,2,9,11H2,1H3. The van der Waals surface area contributed by atoms with Gasteiger partial charge in [-0.1, -0.05) is 12.1 Å². The Labute approximate surface area is 111 Å². The second-order valence-corrected chi connectivity index (χ2v) is 4.49. The van der Waals surface area contributed by atoms with E-state index < -0.39 is 0 Å². The smallest absolute Gasteiger partial charge is 0.156 e. The summed E-state index contributed by atoms with van der Waals surface area (Å²) in [6.45, 7) is 3.55. The number of aromatic nitrogens is 2. The van der Waals surface area contributed by atoms with Gasteiger partial charge in [0.05, 0.1) is 19.3 Å². The molecule has 0 saturated carbocycles. The lowest BCUT2D eigenvalue weighted by molar-refractivity contribution is 0.318. The molecule has 0 aliphatic rings. The first-order valence-electron chi connectivity index (χ1n) is 6.48. The number of nitrogens with zero attached hydrogens (tertiary/aromatic N) is 2. The van der Waals surface area contributed by atoms with E-state index in [4.69, 9.17) is 9.26 Å². The van der Waals surface area contributed by atoms with E-state index in [1.165, 1.54) is 10.9 Å². The van der Waals surface area contributed by atoms with Crippen molar-refractivity contribution in [3.05, 3.63) is 48.5 Å². The maximum atomic E-state index is 5.64. The predicted molar refractivity (Wildman–Crippen MR) is 73.3 cm³/mol. The third-order valence-electron chi connectivity index (χ3n) is 3.03. The van der Waals surface area contributed by atoms with Crippen LogP contribution in [0, 0.1) is 0 Å². The van der Waals surface area contributed by atoms with Crippen LogP contribution in [0.2, 0.25) is 0 Å². The third kappa shape index (κ3) is 2.47. The van der Waals surface area contributed by atoms with Crippen molar-refractivity contribution in [1.29, 1.82) is 0 Å². The number of ether oxygens (including phenoxy) is 1. The van der Waals surface area contributed by atoms with Crippen molar-refractivity contribution in [3.8, 4) is 5.75 Å². The molecule has 0 radical (unpaired) electrons. The normalized spacial score (nSPS) is 11.0. The minimum absolute atomic E-state index is 0.693. The molecule has 3 aromatic rings. The molecule has 0 unspecified atom stereocenters. The van der Waals surface area contributed by atoms with Crippen molar-refractivity contribution in [2.75, 3.05) is 6.61 Å². The number of hydrogen-bond donors (Lipinski definition) is 0. The Kier molecular flexibility index (Phi) is 3.23. The zero-order chi connectivity index (χ0) is 13.1. The van der Waals surface area contributed by atoms with E-state index in [0.717, 1.165) is 24.5 Å². The molecule has 0 saturated heterocycles. The van der Waals surface area contributed by atoms with Crippen LogP contribution >= 0.6 is 0 Å². The van der Waals surface area contributed by atoms with Crippen molar-refractivity contribution in [3.63, 3.8) is 0 Å². The Morgan fingerprint density at radius 1 is 1.26 bits per heavy atom. The predicted octanol–water partition coefficient (Wildman–Crippen LogP) is 3.47. The molecule has 0 spiro atoms. The highest BCUT2D eigenvalue weighted by Crippen LogP contribution is 2.23. The first-order valence-corrected chi connectivity index (χ1v) is 6.48. The Bertz CT molecular complexity index is 656. The van der Waals surface area contributed by atoms with Crippen molar-refractivity contribution in [2.45, 2.75) is 19.9 Å². The summed E-state index contributed by atoms with van der Waals surface area (Å²) in [5, 5.41) is 4.90. The molecular weight excluding hydrogens is 240 g/mol. The average Bonchev–Trinajstić information content (AvgIpc) is 3.07. The highest BCUT2D eigenvalue weighted by atomic mass is 16.5. The van der Waals surface area contributed by atoms with Gasteiger partial charge in [0.25, 0.3) is 0 Å². The number of benzene rings is 1. The summed E-state index contributed by atoms with van der Waals surface area (Å²) in [7, 11) is 0. The molecule has 2 aromatic heterocycles. The quantitative estimate of drug-likeness (QED) is 0.701. The van der Waals surface area contributed by atoms with Crippen LogP contribution in [0.5, 0.6) is 5.75 Å². The van der Waals surface area contributed by atoms with E-state index in [1.54, 1.807) is 6.20 Å². The highest BCUT2D eigenvalue weighted by Gasteiger charge is 2.05. The Hall–Kier alpha value is -2.23. The van der Waals surface area contributed by atoms with Gasteiger partial charge in [0.2, 0.25) is 0 Å². The minimum Gasteiger partial charge on any atom is -0.494 e. The Balaban J connectivity index is 1.87. The number of rotatable bonds is 5. The first-order chi connectivity index (χ1) is 9.36. The van der Waals surface area contributed by atoms with Gasteiger partial charge in [0, 0.05) is 23.2 Å². The Morgan fingerprint density at radius 3 is 3.00 bits per heavy atom. The minimum atomic E-state index is 0.693. The molecule has 1 aromatic carbocycles. The molecule has 0 aliphatic heterocycles. The number of fused-ring (bicyclic) bond motifs is 1. The van der Waals surface area contributed by atoms with Gasteiger partial charge in [-0.15, -0.1) is 0 Å². The van der Waals surface area contributed by atoms with Gasteiger partial charge in [-0.25, -0.2) is 0 Å². The molecule has 4 heteroatoms. The summed E-state index contributed by atoms with van der Waals surface area (Å²) in [4.78, 5) is 0. The fourth-order valence-corrected chi connectivity index (χ4v) is 2.12. The van der Waals surface area contributed by atoms with E-state index in [1.807, 2.05) is 12.1 Å². The van der Waals surface area contributed by atoms with Crippen LogP contribution in [0.25, 0.3) is 10.9 Å². The van der Waals surface area contributed by atoms with Gasteiger partial charge in [0.1, 0.15) is 5.75 Å². The highest BCUT2D eigenvalue weighted by molar-refractivity contribution is 5.81. The largest absolute Gasteiger partial charge is 0.494 e. The van der Waals surface area contributed by atoms with Crippen molar-refractivity contribution in [1.82, 2.24) is 9.72 Å². The monoisotopic (exact) mass is 256 g/mol. The molecule has 0 bridgehead atoms. The molecule has 0 amide bonds. The molecule has 0 N–H and O–H groups in total. The molecular formula is C15H16N2O2. The summed E-state index contributed by atoms with van der Waals surface area (Å²) in [5.74, 6) is 1.77. The summed E-state index contributed by atoms with van der Waals surface area (Å²) in [6, 6.07) is 10.1. The maximum absolute atomic E-state index is 5.64. The lowest BCUT2D eigenvalue weighted by Gasteiger charge is -2.06. The topological polar surface area (TPSA) is 40.2 Å². The third-order valence-corrected chi connectivity index (χ3v) is 3.03. The van der Waals surface area contributed by atoms with Gasteiger partial charge in [0.15, 0.2) is 5.76 Å². The maximum Gasteiger partial charge on any atom is 0.156 e. The van der Waals surface area contributed by atoms with E-state index in [9.17, 15) is 0 Å². The van der Waals surface area contributed by atoms with Crippen LogP contribution in [0.15, 0.2) is 47.2 Å². The summed E-state index contributed by atoms with van der Waals surface area (Å²) in [5.41, 5.74) is 1.17. The van der Waals surface area contributed by atoms with E-state index in [0.29, 0.717) is 6.54 Å². The van der Waals surface area contributed by atoms with Crippen molar-refractivity contribution in [2.24, 2.45) is 0 Å². The van der Waals surface area contributed by atoms with Gasteiger partial charge in [-0.2, -0.15) is 0 Å². The first kappa shape index (κ1) is 11.8. The van der Waals surface area contributed by atoms with Gasteiger partial charge in [-0.3, -0.25) is 0 Å². The van der Waals surface area contributed by atoms with Crippen LogP contribution in [0.1, 0.15) is 19.1 Å². The van der Waals surface area contributed by atoms with E-state index in [-0.39, 0.29) is 0 Å². The van der Waals surface area contributed by atoms with Crippen LogP contribution < -0.4 is 4.74 Å². The van der Waals surface area contributed by atoms with Crippen molar-refractivity contribution < 1.29 is 9.26 Å². The SMILES string of the molecule is CCCOc1ccc2c(ccn2Cc2ccno2)c1. The van der Waals surface area contributed by atoms with E-state index in [2.05, 4.69) is 41.0 Å². The summed E-state index contributed by atoms with van der Waals surface area (Å²) in [6.07, 6.45) is 4.74. The van der Waals surface area contributed by atoms with E-state index >= 15 is 0 Å². The van der Waals surface area contributed by atoms with Crippen LogP contribution in [0.4, 0.5) is 0 Å². The fraction of sp³-hybridized carbons (Fsp3) is 0.267. The molecule has 2 heterocycles. The molecule has 3 rings (SSSR count). The fourth-order valence-electron chi connectivity index (χ4n) is 2.12. The second-order valence-electron chi connectivity index (χ2n) is 4.49. The van der Waals surface area contributed by atoms with Gasteiger partial charge >= 0.3 is 0 Å². The zero-order valence-electron chi connectivity index (χ0n) is 10.9. The lowest BCUT2D eigenvalue weighted by Crippen LogP contribution is -1.97. The summed E-state index contributed by atoms with van der Waals surface area (Å²) < 4.78 is 12.9. The molecule has 4 nitrogen and oxygen atoms in total. The second kappa shape index (κ2) is 5.18. The van der Waals surface area contributed by atoms with Crippen molar-refractivity contribution >= 4 is 10.9 Å². The molecule has 0 fully saturated rings. The Morgan fingerprint density at radius 2 is 2.21 bits per heavy atom. The molecule has 0 aliphatic carbocycles. The molecule has 98 valence electrons. The van der Waals surface area contributed by atoms with Crippen LogP contribution in [-0.2, 0) is 6.54 Å². The average molecular weight is 256 g/mol. The number of hydrogen-bond acceptors (Lipinski definition) is 3. The summed E-state index contributed by atoms with van der Waals surface area (Å²) >= 11 is 0. The zero-order valence-corrected chi connectivity index (χ0v) is 10.9. The van der Waals surface area contributed by atoms with Crippen LogP contribution in [-0.4, -0.2) is 16.3 Å². The van der Waals surface area contributed by atoms with Gasteiger partial charge < -0.3 is 13.8 Å². The van der Waals surface area contributed by atoms with Gasteiger partial charge in [-0.05, 0) is 30.7 Å². The van der Waals surface area contributed by atoms with Crippen LogP contribution in [0.3, 0.4) is 0 Å². The lowest BCUT2D eigenvalue weighted by atomic mass is 10.2. The molecule has 19 heavy (non-hydrogen) atoms.